The first-order chi connectivity index (χ1) is 4.20. The first-order valence-corrected chi connectivity index (χ1v) is 3.51. The molecule has 1 atom stereocenters. The molecule has 2 nitrogen and oxygen atoms in total. The van der Waals surface area contributed by atoms with Crippen LogP contribution >= 0.6 is 0 Å². The van der Waals surface area contributed by atoms with Crippen molar-refractivity contribution >= 4 is 5.84 Å². The standard InChI is InChI=1S/C7H14N2/c1-5(2)7-8-4-6(3)9-7/h5-6H,4H2,1-3H3,(H,8,9)/t6-/m1/s1. The summed E-state index contributed by atoms with van der Waals surface area (Å²) in [5.41, 5.74) is 0. The second kappa shape index (κ2) is 2.38. The van der Waals surface area contributed by atoms with Crippen LogP contribution < -0.4 is 5.32 Å². The van der Waals surface area contributed by atoms with Gasteiger partial charge >= 0.3 is 0 Å². The average molecular weight is 126 g/mol. The molecular weight excluding hydrogens is 112 g/mol. The molecule has 1 heterocycles. The number of amidine groups is 1. The van der Waals surface area contributed by atoms with Gasteiger partial charge in [-0.15, -0.1) is 0 Å². The molecule has 9 heavy (non-hydrogen) atoms. The molecule has 1 aliphatic rings. The summed E-state index contributed by atoms with van der Waals surface area (Å²) in [6, 6.07) is 0.558. The van der Waals surface area contributed by atoms with Gasteiger partial charge in [0, 0.05) is 12.0 Å². The van der Waals surface area contributed by atoms with Gasteiger partial charge in [0.15, 0.2) is 0 Å². The zero-order chi connectivity index (χ0) is 6.85. The molecule has 0 unspecified atom stereocenters. The summed E-state index contributed by atoms with van der Waals surface area (Å²) >= 11 is 0. The van der Waals surface area contributed by atoms with Gasteiger partial charge in [0.1, 0.15) is 0 Å². The fourth-order valence-corrected chi connectivity index (χ4v) is 0.928. The summed E-state index contributed by atoms with van der Waals surface area (Å²) in [5, 5.41) is 3.30. The van der Waals surface area contributed by atoms with Crippen LogP contribution in [0.4, 0.5) is 0 Å². The number of nitrogens with zero attached hydrogens (tertiary/aromatic N) is 1. The molecule has 0 saturated carbocycles. The predicted molar refractivity (Wildman–Crippen MR) is 39.7 cm³/mol. The molecule has 2 heteroatoms. The van der Waals surface area contributed by atoms with Gasteiger partial charge in [0.2, 0.25) is 0 Å². The van der Waals surface area contributed by atoms with Crippen LogP contribution in [-0.2, 0) is 0 Å². The first-order valence-electron chi connectivity index (χ1n) is 3.51. The van der Waals surface area contributed by atoms with Crippen LogP contribution in [0.1, 0.15) is 20.8 Å². The third kappa shape index (κ3) is 1.44. The minimum absolute atomic E-state index is 0.558. The summed E-state index contributed by atoms with van der Waals surface area (Å²) in [5.74, 6) is 1.73. The highest BCUT2D eigenvalue weighted by atomic mass is 15.1. The SMILES string of the molecule is CC(C)C1=NC[C@@H](C)N1. The van der Waals surface area contributed by atoms with Crippen molar-refractivity contribution in [2.75, 3.05) is 6.54 Å². The Morgan fingerprint density at radius 3 is 2.56 bits per heavy atom. The first kappa shape index (κ1) is 6.59. The van der Waals surface area contributed by atoms with E-state index in [9.17, 15) is 0 Å². The monoisotopic (exact) mass is 126 g/mol. The summed E-state index contributed by atoms with van der Waals surface area (Å²) in [7, 11) is 0. The third-order valence-corrected chi connectivity index (χ3v) is 1.48. The second-order valence-corrected chi connectivity index (χ2v) is 2.93. The molecule has 0 aromatic carbocycles. The Hall–Kier alpha value is -0.530. The van der Waals surface area contributed by atoms with E-state index in [4.69, 9.17) is 0 Å². The van der Waals surface area contributed by atoms with E-state index < -0.39 is 0 Å². The van der Waals surface area contributed by atoms with Gasteiger partial charge in [-0.2, -0.15) is 0 Å². The minimum atomic E-state index is 0.558. The molecule has 1 N–H and O–H groups in total. The zero-order valence-corrected chi connectivity index (χ0v) is 6.31. The summed E-state index contributed by atoms with van der Waals surface area (Å²) in [6.45, 7) is 7.42. The molecule has 0 radical (unpaired) electrons. The Bertz CT molecular complexity index is 127. The van der Waals surface area contributed by atoms with Crippen LogP contribution in [0.15, 0.2) is 4.99 Å². The molecule has 0 spiro atoms. The van der Waals surface area contributed by atoms with Gasteiger partial charge in [-0.1, -0.05) is 13.8 Å². The van der Waals surface area contributed by atoms with E-state index in [0.717, 1.165) is 6.54 Å². The smallest absolute Gasteiger partial charge is 0.0992 e. The lowest BCUT2D eigenvalue weighted by atomic mass is 10.2. The molecule has 1 aliphatic heterocycles. The van der Waals surface area contributed by atoms with E-state index in [2.05, 4.69) is 31.1 Å². The van der Waals surface area contributed by atoms with Crippen molar-refractivity contribution in [1.82, 2.24) is 5.32 Å². The fraction of sp³-hybridized carbons (Fsp3) is 0.857. The molecule has 0 aromatic rings. The van der Waals surface area contributed by atoms with E-state index in [1.54, 1.807) is 0 Å². The largest absolute Gasteiger partial charge is 0.369 e. The van der Waals surface area contributed by atoms with Crippen molar-refractivity contribution in [3.63, 3.8) is 0 Å². The second-order valence-electron chi connectivity index (χ2n) is 2.93. The lowest BCUT2D eigenvalue weighted by molar-refractivity contribution is 0.708. The Labute approximate surface area is 56.4 Å². The van der Waals surface area contributed by atoms with E-state index in [1.807, 2.05) is 0 Å². The Morgan fingerprint density at radius 2 is 2.33 bits per heavy atom. The molecule has 0 aliphatic carbocycles. The van der Waals surface area contributed by atoms with Crippen LogP contribution in [0.3, 0.4) is 0 Å². The maximum atomic E-state index is 4.32. The number of aliphatic imine (C=N–C) groups is 1. The maximum absolute atomic E-state index is 4.32. The predicted octanol–water partition coefficient (Wildman–Crippen LogP) is 1.03. The number of hydrogen-bond donors (Lipinski definition) is 1. The minimum Gasteiger partial charge on any atom is -0.369 e. The molecule has 0 amide bonds. The quantitative estimate of drug-likeness (QED) is 0.557. The Balaban J connectivity index is 2.45. The normalized spacial score (nSPS) is 26.2. The van der Waals surface area contributed by atoms with E-state index in [-0.39, 0.29) is 0 Å². The number of nitrogens with one attached hydrogen (secondary N) is 1. The summed E-state index contributed by atoms with van der Waals surface area (Å²) in [6.07, 6.45) is 0. The van der Waals surface area contributed by atoms with Crippen molar-refractivity contribution in [2.45, 2.75) is 26.8 Å². The highest BCUT2D eigenvalue weighted by molar-refractivity contribution is 5.85. The lowest BCUT2D eigenvalue weighted by Crippen LogP contribution is -2.30. The Kier molecular flexibility index (Phi) is 1.74. The van der Waals surface area contributed by atoms with Crippen molar-refractivity contribution in [1.29, 1.82) is 0 Å². The van der Waals surface area contributed by atoms with Gasteiger partial charge in [-0.25, -0.2) is 0 Å². The van der Waals surface area contributed by atoms with Crippen molar-refractivity contribution in [3.05, 3.63) is 0 Å². The zero-order valence-electron chi connectivity index (χ0n) is 6.31. The highest BCUT2D eigenvalue weighted by Gasteiger charge is 2.13. The van der Waals surface area contributed by atoms with Crippen LogP contribution in [-0.4, -0.2) is 18.4 Å². The van der Waals surface area contributed by atoms with Crippen LogP contribution in [0.2, 0.25) is 0 Å². The van der Waals surface area contributed by atoms with E-state index >= 15 is 0 Å². The third-order valence-electron chi connectivity index (χ3n) is 1.48. The molecule has 0 fully saturated rings. The van der Waals surface area contributed by atoms with Gasteiger partial charge < -0.3 is 5.32 Å². The van der Waals surface area contributed by atoms with Gasteiger partial charge in [-0.3, -0.25) is 4.99 Å². The number of rotatable bonds is 1. The van der Waals surface area contributed by atoms with Gasteiger partial charge in [-0.05, 0) is 6.92 Å². The maximum Gasteiger partial charge on any atom is 0.0992 e. The van der Waals surface area contributed by atoms with E-state index in [1.165, 1.54) is 5.84 Å². The summed E-state index contributed by atoms with van der Waals surface area (Å²) < 4.78 is 0. The van der Waals surface area contributed by atoms with Crippen LogP contribution in [0.25, 0.3) is 0 Å². The molecule has 0 aromatic heterocycles. The Morgan fingerprint density at radius 1 is 1.67 bits per heavy atom. The molecule has 0 saturated heterocycles. The topological polar surface area (TPSA) is 24.4 Å². The van der Waals surface area contributed by atoms with Crippen LogP contribution in [0.5, 0.6) is 0 Å². The fourth-order valence-electron chi connectivity index (χ4n) is 0.928. The van der Waals surface area contributed by atoms with Crippen LogP contribution in [0, 0.1) is 5.92 Å². The molecule has 0 bridgehead atoms. The van der Waals surface area contributed by atoms with Gasteiger partial charge in [0.05, 0.1) is 12.4 Å². The van der Waals surface area contributed by atoms with Gasteiger partial charge in [0.25, 0.3) is 0 Å². The van der Waals surface area contributed by atoms with Crippen molar-refractivity contribution < 1.29 is 0 Å². The molecule has 52 valence electrons. The van der Waals surface area contributed by atoms with E-state index in [0.29, 0.717) is 12.0 Å². The number of hydrogen-bond acceptors (Lipinski definition) is 2. The molecular formula is C7H14N2. The molecule has 1 rings (SSSR count). The van der Waals surface area contributed by atoms with Crippen molar-refractivity contribution in [3.8, 4) is 0 Å². The summed E-state index contributed by atoms with van der Waals surface area (Å²) in [4.78, 5) is 4.32. The lowest BCUT2D eigenvalue weighted by Gasteiger charge is -2.07. The highest BCUT2D eigenvalue weighted by Crippen LogP contribution is 2.02. The average Bonchev–Trinajstić information content (AvgIpc) is 2.14. The van der Waals surface area contributed by atoms with Crippen molar-refractivity contribution in [2.24, 2.45) is 10.9 Å².